The smallest absolute Gasteiger partial charge is 0.277 e. The van der Waals surface area contributed by atoms with Crippen LogP contribution in [-0.4, -0.2) is 30.5 Å². The maximum absolute atomic E-state index is 11.9. The van der Waals surface area contributed by atoms with Crippen LogP contribution in [0.25, 0.3) is 5.69 Å². The zero-order valence-corrected chi connectivity index (χ0v) is 10.4. The molecule has 0 saturated heterocycles. The lowest BCUT2D eigenvalue weighted by molar-refractivity contribution is 0.102. The van der Waals surface area contributed by atoms with Gasteiger partial charge in [-0.05, 0) is 23.7 Å². The fraction of sp³-hybridized carbons (Fsp3) is 0. The van der Waals surface area contributed by atoms with Crippen LogP contribution in [0.2, 0.25) is 0 Å². The van der Waals surface area contributed by atoms with E-state index in [2.05, 4.69) is 25.2 Å². The molecule has 0 unspecified atom stereocenters. The number of nitrogens with zero attached hydrogens (tertiary/aromatic N) is 5. The number of hydrogen-bond acceptors (Lipinski definition) is 6. The zero-order valence-electron chi connectivity index (χ0n) is 9.59. The summed E-state index contributed by atoms with van der Waals surface area (Å²) in [5.41, 5.74) is 1.65. The normalized spacial score (nSPS) is 10.3. The van der Waals surface area contributed by atoms with Crippen molar-refractivity contribution in [1.82, 2.24) is 24.6 Å². The minimum atomic E-state index is -0.304. The van der Waals surface area contributed by atoms with Crippen molar-refractivity contribution in [1.29, 1.82) is 0 Å². The lowest BCUT2D eigenvalue weighted by atomic mass is 10.2. The summed E-state index contributed by atoms with van der Waals surface area (Å²) in [5.74, 6) is -0.304. The minimum Gasteiger partial charge on any atom is -0.319 e. The summed E-state index contributed by atoms with van der Waals surface area (Å²) < 4.78 is 5.24. The summed E-state index contributed by atoms with van der Waals surface area (Å²) in [7, 11) is 0. The van der Waals surface area contributed by atoms with Crippen LogP contribution >= 0.6 is 11.5 Å². The Bertz CT molecular complexity index is 679. The molecule has 1 amide bonds. The summed E-state index contributed by atoms with van der Waals surface area (Å²) >= 11 is 1.13. The maximum Gasteiger partial charge on any atom is 0.277 e. The lowest BCUT2D eigenvalue weighted by Gasteiger charge is -2.09. The molecule has 2 heterocycles. The van der Waals surface area contributed by atoms with E-state index in [-0.39, 0.29) is 5.91 Å². The molecule has 0 radical (unpaired) electrons. The van der Waals surface area contributed by atoms with Gasteiger partial charge >= 0.3 is 0 Å². The van der Waals surface area contributed by atoms with Gasteiger partial charge in [0.05, 0.1) is 23.8 Å². The van der Waals surface area contributed by atoms with Crippen molar-refractivity contribution in [2.75, 3.05) is 5.32 Å². The molecular formula is C11H8N6OS. The molecule has 0 fully saturated rings. The van der Waals surface area contributed by atoms with Gasteiger partial charge in [-0.15, -0.1) is 10.2 Å². The molecule has 94 valence electrons. The zero-order chi connectivity index (χ0) is 13.1. The summed E-state index contributed by atoms with van der Waals surface area (Å²) in [6, 6.07) is 7.31. The van der Waals surface area contributed by atoms with Gasteiger partial charge in [0.2, 0.25) is 0 Å². The van der Waals surface area contributed by atoms with Crippen molar-refractivity contribution in [3.8, 4) is 5.69 Å². The lowest BCUT2D eigenvalue weighted by Crippen LogP contribution is -2.14. The third kappa shape index (κ3) is 2.33. The van der Waals surface area contributed by atoms with Crippen LogP contribution in [0.15, 0.2) is 42.0 Å². The number of carbonyl (C=O) groups excluding carboxylic acids is 1. The molecular weight excluding hydrogens is 264 g/mol. The molecule has 0 aliphatic heterocycles. The molecule has 1 N–H and O–H groups in total. The van der Waals surface area contributed by atoms with Gasteiger partial charge in [0.25, 0.3) is 5.91 Å². The second kappa shape index (κ2) is 4.94. The Morgan fingerprint density at radius 1 is 1.32 bits per heavy atom. The van der Waals surface area contributed by atoms with Crippen LogP contribution < -0.4 is 5.32 Å². The number of rotatable bonds is 3. The molecule has 0 saturated carbocycles. The maximum atomic E-state index is 11.9. The second-order valence-electron chi connectivity index (χ2n) is 3.61. The van der Waals surface area contributed by atoms with Gasteiger partial charge in [0.15, 0.2) is 5.69 Å². The van der Waals surface area contributed by atoms with E-state index in [1.165, 1.54) is 0 Å². The summed E-state index contributed by atoms with van der Waals surface area (Å²) in [6.45, 7) is 0. The average molecular weight is 272 g/mol. The number of nitrogens with one attached hydrogen (secondary N) is 1. The standard InChI is InChI=1S/C11H8N6OS/c18-11(9-7-19-16-14-9)13-8-3-1-2-4-10(8)17-6-5-12-15-17/h1-7H,(H,13,18). The molecule has 0 atom stereocenters. The van der Waals surface area contributed by atoms with E-state index in [1.807, 2.05) is 18.2 Å². The Morgan fingerprint density at radius 3 is 2.95 bits per heavy atom. The van der Waals surface area contributed by atoms with Crippen molar-refractivity contribution in [2.45, 2.75) is 0 Å². The number of benzene rings is 1. The van der Waals surface area contributed by atoms with Crippen molar-refractivity contribution < 1.29 is 4.79 Å². The van der Waals surface area contributed by atoms with E-state index in [1.54, 1.807) is 28.5 Å². The molecule has 2 aromatic heterocycles. The highest BCUT2D eigenvalue weighted by atomic mass is 32.1. The van der Waals surface area contributed by atoms with E-state index >= 15 is 0 Å². The molecule has 0 aliphatic rings. The highest BCUT2D eigenvalue weighted by Gasteiger charge is 2.12. The van der Waals surface area contributed by atoms with E-state index in [9.17, 15) is 4.79 Å². The topological polar surface area (TPSA) is 85.6 Å². The summed E-state index contributed by atoms with van der Waals surface area (Å²) in [5, 5.41) is 15.7. The van der Waals surface area contributed by atoms with Gasteiger partial charge in [-0.25, -0.2) is 4.68 Å². The van der Waals surface area contributed by atoms with Crippen molar-refractivity contribution in [2.24, 2.45) is 0 Å². The van der Waals surface area contributed by atoms with Crippen molar-refractivity contribution in [3.63, 3.8) is 0 Å². The Morgan fingerprint density at radius 2 is 2.21 bits per heavy atom. The molecule has 19 heavy (non-hydrogen) atoms. The highest BCUT2D eigenvalue weighted by molar-refractivity contribution is 7.03. The van der Waals surface area contributed by atoms with Gasteiger partial charge in [0.1, 0.15) is 0 Å². The molecule has 0 spiro atoms. The highest BCUT2D eigenvalue weighted by Crippen LogP contribution is 2.19. The van der Waals surface area contributed by atoms with Gasteiger partial charge in [-0.2, -0.15) is 0 Å². The van der Waals surface area contributed by atoms with Crippen LogP contribution in [0.4, 0.5) is 5.69 Å². The first-order chi connectivity index (χ1) is 9.34. The van der Waals surface area contributed by atoms with Crippen molar-refractivity contribution >= 4 is 23.1 Å². The van der Waals surface area contributed by atoms with Gasteiger partial charge < -0.3 is 5.32 Å². The molecule has 7 nitrogen and oxygen atoms in total. The molecule has 3 aromatic rings. The quantitative estimate of drug-likeness (QED) is 0.778. The summed E-state index contributed by atoms with van der Waals surface area (Å²) in [4.78, 5) is 11.9. The molecule has 3 rings (SSSR count). The van der Waals surface area contributed by atoms with E-state index in [4.69, 9.17) is 0 Å². The fourth-order valence-electron chi connectivity index (χ4n) is 1.57. The van der Waals surface area contributed by atoms with E-state index < -0.39 is 0 Å². The van der Waals surface area contributed by atoms with Crippen LogP contribution in [-0.2, 0) is 0 Å². The van der Waals surface area contributed by atoms with E-state index in [0.29, 0.717) is 11.4 Å². The Balaban J connectivity index is 1.92. The largest absolute Gasteiger partial charge is 0.319 e. The Labute approximate surface area is 112 Å². The van der Waals surface area contributed by atoms with Gasteiger partial charge in [-0.1, -0.05) is 21.8 Å². The second-order valence-corrected chi connectivity index (χ2v) is 4.22. The third-order valence-electron chi connectivity index (χ3n) is 2.41. The molecule has 0 aliphatic carbocycles. The predicted octanol–water partition coefficient (Wildman–Crippen LogP) is 1.37. The number of amides is 1. The van der Waals surface area contributed by atoms with Crippen molar-refractivity contribution in [3.05, 3.63) is 47.7 Å². The number of hydrogen-bond donors (Lipinski definition) is 1. The monoisotopic (exact) mass is 272 g/mol. The molecule has 1 aromatic carbocycles. The SMILES string of the molecule is O=C(Nc1ccccc1-n1ccnn1)c1csnn1. The van der Waals surface area contributed by atoms with Gasteiger partial charge in [-0.3, -0.25) is 4.79 Å². The van der Waals surface area contributed by atoms with Crippen LogP contribution in [0, 0.1) is 0 Å². The summed E-state index contributed by atoms with van der Waals surface area (Å²) in [6.07, 6.45) is 3.28. The minimum absolute atomic E-state index is 0.290. The first-order valence-corrected chi connectivity index (χ1v) is 6.22. The number of carbonyl (C=O) groups is 1. The van der Waals surface area contributed by atoms with Gasteiger partial charge in [0, 0.05) is 5.38 Å². The van der Waals surface area contributed by atoms with E-state index in [0.717, 1.165) is 17.2 Å². The first kappa shape index (κ1) is 11.5. The fourth-order valence-corrected chi connectivity index (χ4v) is 2.00. The van der Waals surface area contributed by atoms with Crippen LogP contribution in [0.3, 0.4) is 0 Å². The molecule has 8 heteroatoms. The third-order valence-corrected chi connectivity index (χ3v) is 2.92. The Hall–Kier alpha value is -2.61. The number of aromatic nitrogens is 5. The Kier molecular flexibility index (Phi) is 2.99. The number of para-hydroxylation sites is 2. The molecule has 0 bridgehead atoms. The van der Waals surface area contributed by atoms with Crippen LogP contribution in [0.5, 0.6) is 0 Å². The first-order valence-electron chi connectivity index (χ1n) is 5.39. The number of anilines is 1. The predicted molar refractivity (Wildman–Crippen MR) is 69.2 cm³/mol. The average Bonchev–Trinajstić information content (AvgIpc) is 3.13. The van der Waals surface area contributed by atoms with Crippen LogP contribution in [0.1, 0.15) is 10.5 Å².